The highest BCUT2D eigenvalue weighted by Crippen LogP contribution is 2.28. The highest BCUT2D eigenvalue weighted by molar-refractivity contribution is 5.93. The van der Waals surface area contributed by atoms with Crippen LogP contribution in [-0.4, -0.2) is 16.9 Å². The Morgan fingerprint density at radius 3 is 2.67 bits per heavy atom. The number of rotatable bonds is 4. The molecule has 1 amide bonds. The summed E-state index contributed by atoms with van der Waals surface area (Å²) >= 11 is 0. The van der Waals surface area contributed by atoms with Crippen molar-refractivity contribution in [2.24, 2.45) is 5.73 Å². The summed E-state index contributed by atoms with van der Waals surface area (Å²) in [4.78, 5) is 21.0. The Bertz CT molecular complexity index is 492. The van der Waals surface area contributed by atoms with Gasteiger partial charge in [-0.1, -0.05) is 0 Å². The lowest BCUT2D eigenvalue weighted by Gasteiger charge is -2.08. The second-order valence-corrected chi connectivity index (χ2v) is 3.77. The number of anilines is 1. The van der Waals surface area contributed by atoms with Crippen molar-refractivity contribution in [2.75, 3.05) is 5.32 Å². The van der Waals surface area contributed by atoms with Crippen LogP contribution in [0.15, 0.2) is 12.1 Å². The Labute approximate surface area is 101 Å². The van der Waals surface area contributed by atoms with Crippen LogP contribution in [0.1, 0.15) is 13.3 Å². The minimum Gasteiger partial charge on any atom is -0.327 e. The van der Waals surface area contributed by atoms with E-state index in [2.05, 4.69) is 0 Å². The molecule has 8 heteroatoms. The summed E-state index contributed by atoms with van der Waals surface area (Å²) in [6.45, 7) is 1.55. The smallest absolute Gasteiger partial charge is 0.298 e. The predicted molar refractivity (Wildman–Crippen MR) is 59.9 cm³/mol. The molecule has 1 unspecified atom stereocenters. The molecule has 0 aliphatic rings. The average molecular weight is 259 g/mol. The zero-order valence-electron chi connectivity index (χ0n) is 9.44. The lowest BCUT2D eigenvalue weighted by molar-refractivity contribution is -0.384. The standard InChI is InChI=1S/C10H11F2N3O3/c1-5(13)2-9(16)14-10-7(12)3-6(11)4-8(10)15(17)18/h3-5H,2,13H2,1H3,(H,14,16). The number of benzene rings is 1. The molecule has 3 N–H and O–H groups in total. The van der Waals surface area contributed by atoms with E-state index in [4.69, 9.17) is 5.73 Å². The summed E-state index contributed by atoms with van der Waals surface area (Å²) in [5, 5.41) is 12.6. The minimum atomic E-state index is -1.21. The van der Waals surface area contributed by atoms with Crippen molar-refractivity contribution in [3.63, 3.8) is 0 Å². The number of carbonyl (C=O) groups is 1. The highest BCUT2D eigenvalue weighted by Gasteiger charge is 2.22. The number of nitrogens with zero attached hydrogens (tertiary/aromatic N) is 1. The predicted octanol–water partition coefficient (Wildman–Crippen LogP) is 1.55. The van der Waals surface area contributed by atoms with Crippen LogP contribution in [0.5, 0.6) is 0 Å². The Morgan fingerprint density at radius 1 is 1.56 bits per heavy atom. The quantitative estimate of drug-likeness (QED) is 0.633. The average Bonchev–Trinajstić information content (AvgIpc) is 2.20. The zero-order chi connectivity index (χ0) is 13.9. The topological polar surface area (TPSA) is 98.3 Å². The van der Waals surface area contributed by atoms with E-state index in [1.165, 1.54) is 0 Å². The first kappa shape index (κ1) is 14.0. The summed E-state index contributed by atoms with van der Waals surface area (Å²) in [7, 11) is 0. The highest BCUT2D eigenvalue weighted by atomic mass is 19.1. The third kappa shape index (κ3) is 3.45. The van der Waals surface area contributed by atoms with E-state index in [0.717, 1.165) is 0 Å². The molecule has 0 fully saturated rings. The third-order valence-corrected chi connectivity index (χ3v) is 2.00. The fourth-order valence-electron chi connectivity index (χ4n) is 1.31. The van der Waals surface area contributed by atoms with E-state index in [0.29, 0.717) is 12.1 Å². The van der Waals surface area contributed by atoms with Crippen LogP contribution in [0.3, 0.4) is 0 Å². The van der Waals surface area contributed by atoms with Gasteiger partial charge < -0.3 is 11.1 Å². The van der Waals surface area contributed by atoms with Crippen molar-refractivity contribution in [1.29, 1.82) is 0 Å². The van der Waals surface area contributed by atoms with Gasteiger partial charge in [0, 0.05) is 18.5 Å². The summed E-state index contributed by atoms with van der Waals surface area (Å²) in [5.74, 6) is -2.98. The first-order valence-corrected chi connectivity index (χ1v) is 5.00. The molecule has 0 heterocycles. The number of hydrogen-bond acceptors (Lipinski definition) is 4. The molecule has 18 heavy (non-hydrogen) atoms. The van der Waals surface area contributed by atoms with Crippen LogP contribution in [0, 0.1) is 21.7 Å². The van der Waals surface area contributed by atoms with Crippen molar-refractivity contribution in [2.45, 2.75) is 19.4 Å². The Kier molecular flexibility index (Phi) is 4.27. The molecule has 0 saturated carbocycles. The summed E-state index contributed by atoms with van der Waals surface area (Å²) in [6.07, 6.45) is -0.131. The Morgan fingerprint density at radius 2 is 2.17 bits per heavy atom. The van der Waals surface area contributed by atoms with Crippen LogP contribution in [-0.2, 0) is 4.79 Å². The van der Waals surface area contributed by atoms with Crippen LogP contribution >= 0.6 is 0 Å². The number of amides is 1. The Balaban J connectivity index is 3.07. The number of halogens is 2. The van der Waals surface area contributed by atoms with Gasteiger partial charge in [-0.25, -0.2) is 8.78 Å². The van der Waals surface area contributed by atoms with Crippen LogP contribution in [0.25, 0.3) is 0 Å². The van der Waals surface area contributed by atoms with Gasteiger partial charge in [-0.3, -0.25) is 14.9 Å². The number of nitro benzene ring substituents is 1. The first-order valence-electron chi connectivity index (χ1n) is 5.00. The number of carbonyl (C=O) groups excluding carboxylic acids is 1. The van der Waals surface area contributed by atoms with E-state index in [-0.39, 0.29) is 6.42 Å². The number of nitrogens with one attached hydrogen (secondary N) is 1. The molecule has 1 aromatic carbocycles. The van der Waals surface area contributed by atoms with Gasteiger partial charge in [0.05, 0.1) is 11.0 Å². The summed E-state index contributed by atoms with van der Waals surface area (Å²) in [5.41, 5.74) is 3.86. The van der Waals surface area contributed by atoms with Gasteiger partial charge in [-0.2, -0.15) is 0 Å². The minimum absolute atomic E-state index is 0.131. The number of nitrogens with two attached hydrogens (primary N) is 1. The molecule has 1 atom stereocenters. The molecular weight excluding hydrogens is 248 g/mol. The van der Waals surface area contributed by atoms with Crippen molar-refractivity contribution in [3.05, 3.63) is 33.9 Å². The van der Waals surface area contributed by atoms with Crippen LogP contribution in [0.4, 0.5) is 20.2 Å². The molecule has 1 aromatic rings. The van der Waals surface area contributed by atoms with E-state index < -0.39 is 39.9 Å². The third-order valence-electron chi connectivity index (χ3n) is 2.00. The van der Waals surface area contributed by atoms with Crippen LogP contribution in [0.2, 0.25) is 0 Å². The summed E-state index contributed by atoms with van der Waals surface area (Å²) < 4.78 is 26.2. The largest absolute Gasteiger partial charge is 0.327 e. The zero-order valence-corrected chi connectivity index (χ0v) is 9.44. The fraction of sp³-hybridized carbons (Fsp3) is 0.300. The lowest BCUT2D eigenvalue weighted by atomic mass is 10.2. The number of hydrogen-bond donors (Lipinski definition) is 2. The van der Waals surface area contributed by atoms with Crippen molar-refractivity contribution in [3.8, 4) is 0 Å². The summed E-state index contributed by atoms with van der Waals surface area (Å²) in [6, 6.07) is 0.506. The molecule has 0 aromatic heterocycles. The molecule has 6 nitrogen and oxygen atoms in total. The van der Waals surface area contributed by atoms with Gasteiger partial charge in [0.2, 0.25) is 5.91 Å². The van der Waals surface area contributed by atoms with Gasteiger partial charge >= 0.3 is 0 Å². The lowest BCUT2D eigenvalue weighted by Crippen LogP contribution is -2.24. The second kappa shape index (κ2) is 5.50. The normalized spacial score (nSPS) is 12.0. The molecular formula is C10H11F2N3O3. The van der Waals surface area contributed by atoms with E-state index in [1.807, 2.05) is 5.32 Å². The molecule has 0 bridgehead atoms. The van der Waals surface area contributed by atoms with Gasteiger partial charge in [-0.05, 0) is 6.92 Å². The first-order chi connectivity index (χ1) is 8.31. The van der Waals surface area contributed by atoms with Gasteiger partial charge in [0.25, 0.3) is 5.69 Å². The molecule has 0 aliphatic heterocycles. The molecule has 0 spiro atoms. The van der Waals surface area contributed by atoms with Crippen molar-refractivity contribution >= 4 is 17.3 Å². The van der Waals surface area contributed by atoms with E-state index in [1.54, 1.807) is 6.92 Å². The van der Waals surface area contributed by atoms with Crippen LogP contribution < -0.4 is 11.1 Å². The van der Waals surface area contributed by atoms with Gasteiger partial charge in [0.1, 0.15) is 5.82 Å². The molecule has 98 valence electrons. The van der Waals surface area contributed by atoms with E-state index >= 15 is 0 Å². The second-order valence-electron chi connectivity index (χ2n) is 3.77. The van der Waals surface area contributed by atoms with Gasteiger partial charge in [0.15, 0.2) is 11.5 Å². The van der Waals surface area contributed by atoms with Gasteiger partial charge in [-0.15, -0.1) is 0 Å². The molecule has 0 radical (unpaired) electrons. The van der Waals surface area contributed by atoms with Crippen molar-refractivity contribution in [1.82, 2.24) is 0 Å². The molecule has 0 aliphatic carbocycles. The van der Waals surface area contributed by atoms with Crippen molar-refractivity contribution < 1.29 is 18.5 Å². The maximum atomic E-state index is 13.4. The SMILES string of the molecule is CC(N)CC(=O)Nc1c(F)cc(F)cc1[N+](=O)[O-]. The molecule has 0 saturated heterocycles. The fourth-order valence-corrected chi connectivity index (χ4v) is 1.31. The Hall–Kier alpha value is -2.09. The maximum Gasteiger partial charge on any atom is 0.298 e. The number of nitro groups is 1. The maximum absolute atomic E-state index is 13.4. The monoisotopic (exact) mass is 259 g/mol. The van der Waals surface area contributed by atoms with E-state index in [9.17, 15) is 23.7 Å². The molecule has 1 rings (SSSR count).